The average Bonchev–Trinajstić information content (AvgIpc) is 2.33. The van der Waals surface area contributed by atoms with Crippen molar-refractivity contribution in [2.75, 3.05) is 19.8 Å². The van der Waals surface area contributed by atoms with Crippen molar-refractivity contribution in [3.8, 4) is 0 Å². The quantitative estimate of drug-likeness (QED) is 0.681. The number of benzene rings is 1. The molecule has 0 radical (unpaired) electrons. The summed E-state index contributed by atoms with van der Waals surface area (Å²) < 4.78 is 7.96. The Bertz CT molecular complexity index is 338. The lowest BCUT2D eigenvalue weighted by Crippen LogP contribution is -2.27. The minimum atomic E-state index is 0.277. The van der Waals surface area contributed by atoms with Crippen LogP contribution in [0.15, 0.2) is 22.7 Å². The maximum absolute atomic E-state index is 5.56. The largest absolute Gasteiger partial charge is 0.380 e. The van der Waals surface area contributed by atoms with E-state index in [-0.39, 0.29) is 6.04 Å². The maximum Gasteiger partial charge on any atom is 0.0661 e. The van der Waals surface area contributed by atoms with E-state index in [4.69, 9.17) is 4.74 Å². The van der Waals surface area contributed by atoms with Crippen molar-refractivity contribution in [1.29, 1.82) is 0 Å². The highest BCUT2D eigenvalue weighted by atomic mass is 127. The zero-order valence-electron chi connectivity index (χ0n) is 10.3. The second kappa shape index (κ2) is 8.45. The Balaban J connectivity index is 2.82. The van der Waals surface area contributed by atoms with E-state index < -0.39 is 0 Å². The van der Waals surface area contributed by atoms with Gasteiger partial charge in [-0.25, -0.2) is 0 Å². The molecular formula is C13H19BrINO. The van der Waals surface area contributed by atoms with E-state index >= 15 is 0 Å². The second-order valence-electron chi connectivity index (χ2n) is 3.83. The Morgan fingerprint density at radius 2 is 2.18 bits per heavy atom. The lowest BCUT2D eigenvalue weighted by atomic mass is 10.1. The monoisotopic (exact) mass is 411 g/mol. The number of halogens is 2. The van der Waals surface area contributed by atoms with Crippen LogP contribution < -0.4 is 5.32 Å². The highest BCUT2D eigenvalue weighted by Crippen LogP contribution is 2.24. The minimum absolute atomic E-state index is 0.277. The van der Waals surface area contributed by atoms with Gasteiger partial charge in [-0.15, -0.1) is 0 Å². The fraction of sp³-hybridized carbons (Fsp3) is 0.538. The standard InChI is InChI=1S/C13H19BrINO/c1-3-7-16-13(9-17-4-2)11-8-10(14)5-6-12(11)15/h5-6,8,13,16H,3-4,7,9H2,1-2H3. The van der Waals surface area contributed by atoms with Crippen molar-refractivity contribution in [2.24, 2.45) is 0 Å². The van der Waals surface area contributed by atoms with E-state index in [0.717, 1.165) is 30.7 Å². The molecule has 0 saturated carbocycles. The van der Waals surface area contributed by atoms with Crippen LogP contribution >= 0.6 is 38.5 Å². The van der Waals surface area contributed by atoms with Gasteiger partial charge in [0.05, 0.1) is 12.6 Å². The first-order valence-electron chi connectivity index (χ1n) is 5.95. The van der Waals surface area contributed by atoms with Gasteiger partial charge in [-0.3, -0.25) is 0 Å². The molecule has 0 amide bonds. The first-order valence-corrected chi connectivity index (χ1v) is 7.82. The number of nitrogens with one attached hydrogen (secondary N) is 1. The average molecular weight is 412 g/mol. The molecule has 1 unspecified atom stereocenters. The van der Waals surface area contributed by atoms with Gasteiger partial charge in [0.2, 0.25) is 0 Å². The molecule has 0 saturated heterocycles. The third kappa shape index (κ3) is 5.24. The predicted octanol–water partition coefficient (Wildman–Crippen LogP) is 4.13. The summed E-state index contributed by atoms with van der Waals surface area (Å²) in [4.78, 5) is 0. The van der Waals surface area contributed by atoms with Crippen molar-refractivity contribution in [3.63, 3.8) is 0 Å². The normalized spacial score (nSPS) is 12.7. The molecule has 0 bridgehead atoms. The van der Waals surface area contributed by atoms with E-state index in [1.165, 1.54) is 9.13 Å². The van der Waals surface area contributed by atoms with Gasteiger partial charge in [0.1, 0.15) is 0 Å². The van der Waals surface area contributed by atoms with Gasteiger partial charge in [-0.2, -0.15) is 0 Å². The van der Waals surface area contributed by atoms with Crippen LogP contribution in [0, 0.1) is 3.57 Å². The number of hydrogen-bond donors (Lipinski definition) is 1. The lowest BCUT2D eigenvalue weighted by molar-refractivity contribution is 0.123. The molecule has 0 aliphatic heterocycles. The van der Waals surface area contributed by atoms with Crippen molar-refractivity contribution >= 4 is 38.5 Å². The molecule has 96 valence electrons. The minimum Gasteiger partial charge on any atom is -0.380 e. The fourth-order valence-electron chi connectivity index (χ4n) is 1.59. The molecule has 1 aromatic rings. The second-order valence-corrected chi connectivity index (χ2v) is 5.91. The van der Waals surface area contributed by atoms with Crippen molar-refractivity contribution in [3.05, 3.63) is 31.8 Å². The first kappa shape index (κ1) is 15.4. The molecular weight excluding hydrogens is 393 g/mol. The predicted molar refractivity (Wildman–Crippen MR) is 84.4 cm³/mol. The van der Waals surface area contributed by atoms with Crippen LogP contribution in [0.2, 0.25) is 0 Å². The molecule has 1 aromatic carbocycles. The van der Waals surface area contributed by atoms with Crippen molar-refractivity contribution < 1.29 is 4.74 Å². The summed E-state index contributed by atoms with van der Waals surface area (Å²) in [5.41, 5.74) is 1.31. The van der Waals surface area contributed by atoms with Crippen molar-refractivity contribution in [1.82, 2.24) is 5.32 Å². The third-order valence-electron chi connectivity index (χ3n) is 2.46. The summed E-state index contributed by atoms with van der Waals surface area (Å²) >= 11 is 5.91. The Morgan fingerprint density at radius 3 is 2.82 bits per heavy atom. The highest BCUT2D eigenvalue weighted by Gasteiger charge is 2.14. The van der Waals surface area contributed by atoms with Gasteiger partial charge in [-0.05, 0) is 66.2 Å². The topological polar surface area (TPSA) is 21.3 Å². The molecule has 4 heteroatoms. The van der Waals surface area contributed by atoms with E-state index in [1.807, 2.05) is 6.92 Å². The Kier molecular flexibility index (Phi) is 7.66. The molecule has 17 heavy (non-hydrogen) atoms. The zero-order chi connectivity index (χ0) is 12.7. The van der Waals surface area contributed by atoms with Gasteiger partial charge in [0, 0.05) is 14.6 Å². The molecule has 0 spiro atoms. The lowest BCUT2D eigenvalue weighted by Gasteiger charge is -2.20. The maximum atomic E-state index is 5.56. The third-order valence-corrected chi connectivity index (χ3v) is 3.94. The van der Waals surface area contributed by atoms with Crippen molar-refractivity contribution in [2.45, 2.75) is 26.3 Å². The van der Waals surface area contributed by atoms with Crippen LogP contribution in [0.5, 0.6) is 0 Å². The summed E-state index contributed by atoms with van der Waals surface area (Å²) in [7, 11) is 0. The van der Waals surface area contributed by atoms with Gasteiger partial charge in [0.15, 0.2) is 0 Å². The molecule has 0 aliphatic rings. The van der Waals surface area contributed by atoms with E-state index in [0.29, 0.717) is 0 Å². The van der Waals surface area contributed by atoms with Crippen LogP contribution in [-0.2, 0) is 4.74 Å². The molecule has 1 rings (SSSR count). The SMILES string of the molecule is CCCNC(COCC)c1cc(Br)ccc1I. The molecule has 0 aliphatic carbocycles. The first-order chi connectivity index (χ1) is 8.19. The molecule has 0 heterocycles. The molecule has 0 aromatic heterocycles. The number of ether oxygens (including phenoxy) is 1. The molecule has 1 N–H and O–H groups in total. The van der Waals surface area contributed by atoms with Crippen LogP contribution in [0.3, 0.4) is 0 Å². The summed E-state index contributed by atoms with van der Waals surface area (Å²) in [6, 6.07) is 6.66. The Morgan fingerprint density at radius 1 is 1.41 bits per heavy atom. The summed E-state index contributed by atoms with van der Waals surface area (Å²) in [6.45, 7) is 6.71. The molecule has 0 fully saturated rings. The molecule has 2 nitrogen and oxygen atoms in total. The van der Waals surface area contributed by atoms with Gasteiger partial charge >= 0.3 is 0 Å². The van der Waals surface area contributed by atoms with E-state index in [1.54, 1.807) is 0 Å². The van der Waals surface area contributed by atoms with Crippen LogP contribution in [0.25, 0.3) is 0 Å². The number of rotatable bonds is 7. The smallest absolute Gasteiger partial charge is 0.0661 e. The van der Waals surface area contributed by atoms with Gasteiger partial charge in [0.25, 0.3) is 0 Å². The van der Waals surface area contributed by atoms with Crippen LogP contribution in [-0.4, -0.2) is 19.8 Å². The van der Waals surface area contributed by atoms with Gasteiger partial charge in [-0.1, -0.05) is 22.9 Å². The number of hydrogen-bond acceptors (Lipinski definition) is 2. The van der Waals surface area contributed by atoms with E-state index in [2.05, 4.69) is 69.0 Å². The summed E-state index contributed by atoms with van der Waals surface area (Å²) in [5, 5.41) is 3.54. The summed E-state index contributed by atoms with van der Waals surface area (Å²) in [6.07, 6.45) is 1.13. The Hall–Kier alpha value is 0.350. The van der Waals surface area contributed by atoms with E-state index in [9.17, 15) is 0 Å². The van der Waals surface area contributed by atoms with Crippen LogP contribution in [0.1, 0.15) is 31.9 Å². The summed E-state index contributed by atoms with van der Waals surface area (Å²) in [5.74, 6) is 0. The zero-order valence-corrected chi connectivity index (χ0v) is 14.0. The highest BCUT2D eigenvalue weighted by molar-refractivity contribution is 14.1. The van der Waals surface area contributed by atoms with Gasteiger partial charge < -0.3 is 10.1 Å². The fourth-order valence-corrected chi connectivity index (χ4v) is 2.68. The Labute approximate surface area is 126 Å². The molecule has 1 atom stereocenters. The van der Waals surface area contributed by atoms with Crippen LogP contribution in [0.4, 0.5) is 0 Å².